The van der Waals surface area contributed by atoms with Gasteiger partial charge in [-0.15, -0.1) is 0 Å². The number of hydrogen-bond acceptors (Lipinski definition) is 5. The molecule has 0 atom stereocenters. The van der Waals surface area contributed by atoms with E-state index in [0.717, 1.165) is 16.9 Å². The van der Waals surface area contributed by atoms with Crippen LogP contribution in [0.1, 0.15) is 0 Å². The van der Waals surface area contributed by atoms with Crippen molar-refractivity contribution in [3.63, 3.8) is 0 Å². The maximum Gasteiger partial charge on any atom is 0.239 e. The second-order valence-corrected chi connectivity index (χ2v) is 9.31. The van der Waals surface area contributed by atoms with Gasteiger partial charge in [0.05, 0.1) is 29.4 Å². The quantitative estimate of drug-likeness (QED) is 0.697. The Hall–Kier alpha value is -2.97. The van der Waals surface area contributed by atoms with Crippen LogP contribution in [0, 0.1) is 0 Å². The highest BCUT2D eigenvalue weighted by Crippen LogP contribution is 2.24. The molecule has 1 N–H and O–H groups in total. The molecule has 1 amide bonds. The smallest absolute Gasteiger partial charge is 0.239 e. The van der Waals surface area contributed by atoms with Crippen molar-refractivity contribution in [2.24, 2.45) is 0 Å². The Morgan fingerprint density at radius 3 is 2.24 bits per heavy atom. The van der Waals surface area contributed by atoms with E-state index in [0.29, 0.717) is 18.9 Å². The van der Waals surface area contributed by atoms with Crippen molar-refractivity contribution >= 4 is 21.6 Å². The summed E-state index contributed by atoms with van der Waals surface area (Å²) in [5.41, 5.74) is 2.56. The van der Waals surface area contributed by atoms with Gasteiger partial charge >= 0.3 is 0 Å². The van der Waals surface area contributed by atoms with E-state index in [1.807, 2.05) is 71.6 Å². The molecule has 29 heavy (non-hydrogen) atoms. The number of sulfone groups is 1. The molecule has 0 aliphatic carbocycles. The maximum absolute atomic E-state index is 12.6. The highest BCUT2D eigenvalue weighted by molar-refractivity contribution is 7.91. The molecule has 1 aromatic heterocycles. The van der Waals surface area contributed by atoms with E-state index in [9.17, 15) is 13.2 Å². The van der Waals surface area contributed by atoms with E-state index in [4.69, 9.17) is 0 Å². The molecule has 1 fully saturated rings. The molecule has 0 radical (unpaired) electrons. The number of anilines is 1. The lowest BCUT2D eigenvalue weighted by atomic mass is 10.1. The van der Waals surface area contributed by atoms with Gasteiger partial charge in [0.2, 0.25) is 5.91 Å². The van der Waals surface area contributed by atoms with Crippen molar-refractivity contribution in [2.75, 3.05) is 36.5 Å². The molecule has 8 heteroatoms. The zero-order chi connectivity index (χ0) is 20.3. The lowest BCUT2D eigenvalue weighted by Gasteiger charge is -2.25. The first-order valence-electron chi connectivity index (χ1n) is 9.44. The van der Waals surface area contributed by atoms with Gasteiger partial charge in [0, 0.05) is 24.7 Å². The molecule has 0 saturated carbocycles. The molecule has 7 nitrogen and oxygen atoms in total. The average molecular weight is 410 g/mol. The number of carbonyl (C=O) groups is 1. The summed E-state index contributed by atoms with van der Waals surface area (Å²) in [5, 5.41) is 7.62. The van der Waals surface area contributed by atoms with Gasteiger partial charge in [0.25, 0.3) is 0 Å². The van der Waals surface area contributed by atoms with Gasteiger partial charge in [0.15, 0.2) is 9.84 Å². The van der Waals surface area contributed by atoms with Crippen LogP contribution < -0.4 is 5.32 Å². The Balaban J connectivity index is 1.55. The van der Waals surface area contributed by atoms with E-state index in [2.05, 4.69) is 10.4 Å². The first-order valence-corrected chi connectivity index (χ1v) is 11.3. The Bertz CT molecular complexity index is 1080. The predicted octanol–water partition coefficient (Wildman–Crippen LogP) is 2.21. The number of hydrogen-bond donors (Lipinski definition) is 1. The second-order valence-electron chi connectivity index (χ2n) is 7.00. The van der Waals surface area contributed by atoms with Crippen LogP contribution in [0.2, 0.25) is 0 Å². The molecule has 1 aliphatic rings. The van der Waals surface area contributed by atoms with Gasteiger partial charge in [-0.3, -0.25) is 9.69 Å². The van der Waals surface area contributed by atoms with Gasteiger partial charge < -0.3 is 5.32 Å². The van der Waals surface area contributed by atoms with Crippen molar-refractivity contribution in [3.05, 3.63) is 66.7 Å². The zero-order valence-electron chi connectivity index (χ0n) is 15.9. The third-order valence-electron chi connectivity index (χ3n) is 4.85. The van der Waals surface area contributed by atoms with E-state index in [1.165, 1.54) is 0 Å². The van der Waals surface area contributed by atoms with E-state index >= 15 is 0 Å². The zero-order valence-corrected chi connectivity index (χ0v) is 16.7. The van der Waals surface area contributed by atoms with E-state index in [-0.39, 0.29) is 24.0 Å². The summed E-state index contributed by atoms with van der Waals surface area (Å²) in [4.78, 5) is 14.5. The molecule has 0 unspecified atom stereocenters. The SMILES string of the molecule is O=C(CN1CCS(=O)(=O)CC1)Nc1cc(-c2ccccc2)nn1-c1ccccc1. The molecule has 0 bridgehead atoms. The highest BCUT2D eigenvalue weighted by atomic mass is 32.2. The van der Waals surface area contributed by atoms with Crippen LogP contribution in [-0.2, 0) is 14.6 Å². The van der Waals surface area contributed by atoms with Crippen LogP contribution in [0.25, 0.3) is 16.9 Å². The number of nitrogens with zero attached hydrogens (tertiary/aromatic N) is 3. The summed E-state index contributed by atoms with van der Waals surface area (Å²) in [6.07, 6.45) is 0. The number of nitrogens with one attached hydrogen (secondary N) is 1. The Morgan fingerprint density at radius 2 is 1.59 bits per heavy atom. The lowest BCUT2D eigenvalue weighted by molar-refractivity contribution is -0.117. The van der Waals surface area contributed by atoms with Gasteiger partial charge in [-0.1, -0.05) is 48.5 Å². The molecular formula is C21H22N4O3S. The Morgan fingerprint density at radius 1 is 0.966 bits per heavy atom. The normalized spacial score (nSPS) is 16.4. The lowest BCUT2D eigenvalue weighted by Crippen LogP contribution is -2.44. The molecule has 1 saturated heterocycles. The van der Waals surface area contributed by atoms with Crippen LogP contribution in [0.3, 0.4) is 0 Å². The summed E-state index contributed by atoms with van der Waals surface area (Å²) < 4.78 is 24.9. The highest BCUT2D eigenvalue weighted by Gasteiger charge is 2.23. The van der Waals surface area contributed by atoms with E-state index in [1.54, 1.807) is 4.68 Å². The number of rotatable bonds is 5. The third kappa shape index (κ3) is 4.72. The molecule has 150 valence electrons. The topological polar surface area (TPSA) is 84.3 Å². The van der Waals surface area contributed by atoms with Gasteiger partial charge in [0.1, 0.15) is 5.82 Å². The summed E-state index contributed by atoms with van der Waals surface area (Å²) in [7, 11) is -2.97. The molecule has 4 rings (SSSR count). The average Bonchev–Trinajstić information content (AvgIpc) is 3.14. The fourth-order valence-electron chi connectivity index (χ4n) is 3.28. The maximum atomic E-state index is 12.6. The van der Waals surface area contributed by atoms with Crippen molar-refractivity contribution in [1.29, 1.82) is 0 Å². The third-order valence-corrected chi connectivity index (χ3v) is 6.46. The van der Waals surface area contributed by atoms with Crippen LogP contribution in [0.15, 0.2) is 66.7 Å². The van der Waals surface area contributed by atoms with Crippen molar-refractivity contribution in [1.82, 2.24) is 14.7 Å². The molecular weight excluding hydrogens is 388 g/mol. The van der Waals surface area contributed by atoms with E-state index < -0.39 is 9.84 Å². The fraction of sp³-hybridized carbons (Fsp3) is 0.238. The minimum Gasteiger partial charge on any atom is -0.309 e. The van der Waals surface area contributed by atoms with Crippen molar-refractivity contribution in [2.45, 2.75) is 0 Å². The number of aromatic nitrogens is 2. The van der Waals surface area contributed by atoms with Crippen molar-refractivity contribution < 1.29 is 13.2 Å². The molecule has 2 heterocycles. The fourth-order valence-corrected chi connectivity index (χ4v) is 4.56. The Labute approximate surface area is 169 Å². The van der Waals surface area contributed by atoms with Gasteiger partial charge in [-0.25, -0.2) is 13.1 Å². The Kier molecular flexibility index (Phi) is 5.46. The summed E-state index contributed by atoms with van der Waals surface area (Å²) in [6.45, 7) is 0.905. The van der Waals surface area contributed by atoms with Crippen LogP contribution in [-0.4, -0.2) is 60.1 Å². The van der Waals surface area contributed by atoms with Crippen LogP contribution in [0.4, 0.5) is 5.82 Å². The number of amides is 1. The largest absolute Gasteiger partial charge is 0.309 e. The monoisotopic (exact) mass is 410 g/mol. The molecule has 0 spiro atoms. The summed E-state index contributed by atoms with van der Waals surface area (Å²) in [5.74, 6) is 0.575. The standard InChI is InChI=1S/C21H22N4O3S/c26-21(16-24-11-13-29(27,28)14-12-24)22-20-15-19(17-7-3-1-4-8-17)23-25(20)18-9-5-2-6-10-18/h1-10,15H,11-14,16H2,(H,22,26). The van der Waals surface area contributed by atoms with Gasteiger partial charge in [-0.05, 0) is 12.1 Å². The number of para-hydroxylation sites is 1. The van der Waals surface area contributed by atoms with Gasteiger partial charge in [-0.2, -0.15) is 5.10 Å². The van der Waals surface area contributed by atoms with Crippen LogP contribution >= 0.6 is 0 Å². The molecule has 1 aliphatic heterocycles. The predicted molar refractivity (Wildman–Crippen MR) is 113 cm³/mol. The minimum absolute atomic E-state index is 0.0976. The van der Waals surface area contributed by atoms with Crippen molar-refractivity contribution in [3.8, 4) is 16.9 Å². The summed E-state index contributed by atoms with van der Waals surface area (Å²) in [6, 6.07) is 21.2. The second kappa shape index (κ2) is 8.18. The first-order chi connectivity index (χ1) is 14.0. The summed E-state index contributed by atoms with van der Waals surface area (Å²) >= 11 is 0. The van der Waals surface area contributed by atoms with Crippen LogP contribution in [0.5, 0.6) is 0 Å². The first kappa shape index (κ1) is 19.4. The molecule has 2 aromatic carbocycles. The number of benzene rings is 2. The number of carbonyl (C=O) groups excluding carboxylic acids is 1. The minimum atomic E-state index is -2.97. The molecule has 3 aromatic rings.